The summed E-state index contributed by atoms with van der Waals surface area (Å²) in [5, 5.41) is 3.23. The van der Waals surface area contributed by atoms with E-state index in [2.05, 4.69) is 10.3 Å². The Morgan fingerprint density at radius 3 is 2.37 bits per heavy atom. The van der Waals surface area contributed by atoms with Crippen LogP contribution in [0.5, 0.6) is 11.5 Å². The van der Waals surface area contributed by atoms with Crippen LogP contribution in [-0.2, 0) is 4.79 Å². The number of hydrogen-bond acceptors (Lipinski definition) is 4. The molecule has 1 aromatic rings. The van der Waals surface area contributed by atoms with Crippen LogP contribution in [-0.4, -0.2) is 74.7 Å². The number of aliphatic imine (C=N–C) groups is 1. The van der Waals surface area contributed by atoms with E-state index in [0.29, 0.717) is 37.1 Å². The zero-order valence-corrected chi connectivity index (χ0v) is 17.5. The Kier molecular flexibility index (Phi) is 10.1. The number of amides is 1. The molecular formula is C20H34N4O3. The van der Waals surface area contributed by atoms with Crippen molar-refractivity contribution in [3.8, 4) is 11.5 Å². The van der Waals surface area contributed by atoms with E-state index >= 15 is 0 Å². The first-order valence-corrected chi connectivity index (χ1v) is 9.53. The third-order valence-corrected chi connectivity index (χ3v) is 4.08. The molecule has 0 radical (unpaired) electrons. The van der Waals surface area contributed by atoms with Crippen LogP contribution in [0.15, 0.2) is 29.3 Å². The Labute approximate surface area is 163 Å². The maximum Gasteiger partial charge on any atom is 0.242 e. The van der Waals surface area contributed by atoms with E-state index in [-0.39, 0.29) is 18.6 Å². The molecule has 1 atom stereocenters. The van der Waals surface area contributed by atoms with E-state index < -0.39 is 0 Å². The SMILES string of the molecule is CCNC(=NCC(C)Oc1ccccc1OC)N(C)CC(=O)N(CC)CC. The summed E-state index contributed by atoms with van der Waals surface area (Å²) in [4.78, 5) is 20.6. The molecule has 0 aromatic heterocycles. The van der Waals surface area contributed by atoms with Crippen LogP contribution in [0.1, 0.15) is 27.7 Å². The van der Waals surface area contributed by atoms with Crippen LogP contribution in [0.25, 0.3) is 0 Å². The maximum absolute atomic E-state index is 12.3. The normalized spacial score (nSPS) is 12.3. The van der Waals surface area contributed by atoms with Crippen molar-refractivity contribution in [2.24, 2.45) is 4.99 Å². The number of nitrogens with one attached hydrogen (secondary N) is 1. The lowest BCUT2D eigenvalue weighted by atomic mass is 10.3. The summed E-state index contributed by atoms with van der Waals surface area (Å²) in [6.45, 7) is 10.8. The lowest BCUT2D eigenvalue weighted by Gasteiger charge is -2.26. The van der Waals surface area contributed by atoms with Crippen molar-refractivity contribution in [3.63, 3.8) is 0 Å². The molecule has 1 N–H and O–H groups in total. The first kappa shape index (κ1) is 22.6. The van der Waals surface area contributed by atoms with Gasteiger partial charge in [-0.25, -0.2) is 4.99 Å². The minimum Gasteiger partial charge on any atom is -0.493 e. The van der Waals surface area contributed by atoms with Gasteiger partial charge in [-0.1, -0.05) is 12.1 Å². The second-order valence-corrected chi connectivity index (χ2v) is 6.20. The van der Waals surface area contributed by atoms with Gasteiger partial charge in [-0.15, -0.1) is 0 Å². The van der Waals surface area contributed by atoms with Crippen molar-refractivity contribution in [2.45, 2.75) is 33.8 Å². The van der Waals surface area contributed by atoms with E-state index in [1.807, 2.05) is 68.8 Å². The molecule has 1 unspecified atom stereocenters. The van der Waals surface area contributed by atoms with E-state index in [0.717, 1.165) is 6.54 Å². The number of methoxy groups -OCH3 is 1. The van der Waals surface area contributed by atoms with Crippen molar-refractivity contribution in [1.29, 1.82) is 0 Å². The standard InChI is InChI=1S/C20H34N4O3/c1-7-21-20(23(5)15-19(25)24(8-2)9-3)22-14-16(4)27-18-13-11-10-12-17(18)26-6/h10-13,16H,7-9,14-15H2,1-6H3,(H,21,22). The summed E-state index contributed by atoms with van der Waals surface area (Å²) in [6, 6.07) is 7.55. The fraction of sp³-hybridized carbons (Fsp3) is 0.600. The molecule has 0 saturated heterocycles. The molecule has 1 amide bonds. The van der Waals surface area contributed by atoms with Gasteiger partial charge in [-0.3, -0.25) is 4.79 Å². The van der Waals surface area contributed by atoms with Crippen molar-refractivity contribution < 1.29 is 14.3 Å². The van der Waals surface area contributed by atoms with Gasteiger partial charge in [0.1, 0.15) is 6.10 Å². The third kappa shape index (κ3) is 7.37. The highest BCUT2D eigenvalue weighted by atomic mass is 16.5. The molecule has 0 saturated carbocycles. The van der Waals surface area contributed by atoms with E-state index in [9.17, 15) is 4.79 Å². The highest BCUT2D eigenvalue weighted by molar-refractivity contribution is 5.86. The van der Waals surface area contributed by atoms with Crippen molar-refractivity contribution >= 4 is 11.9 Å². The summed E-state index contributed by atoms with van der Waals surface area (Å²) in [7, 11) is 3.49. The van der Waals surface area contributed by atoms with E-state index in [4.69, 9.17) is 9.47 Å². The molecule has 0 aliphatic carbocycles. The molecule has 0 fully saturated rings. The molecule has 0 aliphatic rings. The second kappa shape index (κ2) is 12.0. The number of ether oxygens (including phenoxy) is 2. The number of para-hydroxylation sites is 2. The largest absolute Gasteiger partial charge is 0.493 e. The summed E-state index contributed by atoms with van der Waals surface area (Å²) in [5.41, 5.74) is 0. The van der Waals surface area contributed by atoms with Crippen molar-refractivity contribution in [3.05, 3.63) is 24.3 Å². The summed E-state index contributed by atoms with van der Waals surface area (Å²) >= 11 is 0. The van der Waals surface area contributed by atoms with Crippen molar-refractivity contribution in [1.82, 2.24) is 15.1 Å². The van der Waals surface area contributed by atoms with E-state index in [1.54, 1.807) is 7.11 Å². The second-order valence-electron chi connectivity index (χ2n) is 6.20. The Morgan fingerprint density at radius 2 is 1.81 bits per heavy atom. The van der Waals surface area contributed by atoms with Gasteiger partial charge in [0.2, 0.25) is 5.91 Å². The lowest BCUT2D eigenvalue weighted by molar-refractivity contribution is -0.131. The lowest BCUT2D eigenvalue weighted by Crippen LogP contribution is -2.46. The summed E-state index contributed by atoms with van der Waals surface area (Å²) in [6.07, 6.45) is -0.137. The Hall–Kier alpha value is -2.44. The van der Waals surface area contributed by atoms with Gasteiger partial charge < -0.3 is 24.6 Å². The van der Waals surface area contributed by atoms with Crippen molar-refractivity contribution in [2.75, 3.05) is 46.9 Å². The minimum absolute atomic E-state index is 0.0893. The van der Waals surface area contributed by atoms with Crippen LogP contribution in [0.3, 0.4) is 0 Å². The molecule has 27 heavy (non-hydrogen) atoms. The number of rotatable bonds is 10. The Bertz CT molecular complexity index is 603. The number of nitrogens with zero attached hydrogens (tertiary/aromatic N) is 3. The number of likely N-dealkylation sites (N-methyl/N-ethyl adjacent to an activating group) is 2. The van der Waals surface area contributed by atoms with Crippen LogP contribution >= 0.6 is 0 Å². The average molecular weight is 379 g/mol. The highest BCUT2D eigenvalue weighted by Crippen LogP contribution is 2.26. The molecule has 1 rings (SSSR count). The van der Waals surface area contributed by atoms with Crippen LogP contribution in [0, 0.1) is 0 Å². The number of carbonyl (C=O) groups is 1. The monoisotopic (exact) mass is 378 g/mol. The molecule has 7 nitrogen and oxygen atoms in total. The molecule has 0 bridgehead atoms. The van der Waals surface area contributed by atoms with Crippen LogP contribution < -0.4 is 14.8 Å². The predicted molar refractivity (Wildman–Crippen MR) is 110 cm³/mol. The molecule has 0 spiro atoms. The fourth-order valence-electron chi connectivity index (χ4n) is 2.61. The highest BCUT2D eigenvalue weighted by Gasteiger charge is 2.15. The number of guanidine groups is 1. The molecule has 1 aromatic carbocycles. The van der Waals surface area contributed by atoms with E-state index in [1.165, 1.54) is 0 Å². The van der Waals surface area contributed by atoms with Gasteiger partial charge in [-0.2, -0.15) is 0 Å². The van der Waals surface area contributed by atoms with Gasteiger partial charge >= 0.3 is 0 Å². The van der Waals surface area contributed by atoms with Gasteiger partial charge in [0.05, 0.1) is 20.2 Å². The minimum atomic E-state index is -0.137. The summed E-state index contributed by atoms with van der Waals surface area (Å²) < 4.78 is 11.3. The molecular weight excluding hydrogens is 344 g/mol. The third-order valence-electron chi connectivity index (χ3n) is 4.08. The maximum atomic E-state index is 12.3. The quantitative estimate of drug-likeness (QED) is 0.500. The van der Waals surface area contributed by atoms with Gasteiger partial charge in [0, 0.05) is 26.7 Å². The molecule has 0 aliphatic heterocycles. The Balaban J connectivity index is 2.72. The van der Waals surface area contributed by atoms with Gasteiger partial charge in [0.15, 0.2) is 17.5 Å². The van der Waals surface area contributed by atoms with Crippen LogP contribution in [0.4, 0.5) is 0 Å². The summed E-state index contributed by atoms with van der Waals surface area (Å²) in [5.74, 6) is 2.17. The van der Waals surface area contributed by atoms with Gasteiger partial charge in [0.25, 0.3) is 0 Å². The van der Waals surface area contributed by atoms with Crippen LogP contribution in [0.2, 0.25) is 0 Å². The Morgan fingerprint density at radius 1 is 1.19 bits per heavy atom. The zero-order valence-electron chi connectivity index (χ0n) is 17.5. The number of benzene rings is 1. The smallest absolute Gasteiger partial charge is 0.242 e. The number of hydrogen-bond donors (Lipinski definition) is 1. The molecule has 0 heterocycles. The average Bonchev–Trinajstić information content (AvgIpc) is 2.66. The first-order chi connectivity index (χ1) is 13.0. The molecule has 152 valence electrons. The topological polar surface area (TPSA) is 66.4 Å². The molecule has 7 heteroatoms. The number of carbonyl (C=O) groups excluding carboxylic acids is 1. The fourth-order valence-corrected chi connectivity index (χ4v) is 2.61. The predicted octanol–water partition coefficient (Wildman–Crippen LogP) is 2.23. The zero-order chi connectivity index (χ0) is 20.2. The first-order valence-electron chi connectivity index (χ1n) is 9.53. The van der Waals surface area contributed by atoms with Gasteiger partial charge in [-0.05, 0) is 39.8 Å².